The lowest BCUT2D eigenvalue weighted by Gasteiger charge is -2.35. The summed E-state index contributed by atoms with van der Waals surface area (Å²) in [5.41, 5.74) is 5.54. The molecule has 5 heteroatoms. The van der Waals surface area contributed by atoms with E-state index in [9.17, 15) is 4.79 Å². The average Bonchev–Trinajstić information content (AvgIpc) is 2.16. The fraction of sp³-hybridized carbons (Fsp3) is 0.889. The van der Waals surface area contributed by atoms with Crippen LogP contribution >= 0.6 is 0 Å². The molecule has 1 rings (SSSR count). The number of hydrogen-bond donors (Lipinski definition) is 2. The molecule has 0 saturated carbocycles. The minimum atomic E-state index is 0.0369. The van der Waals surface area contributed by atoms with Gasteiger partial charge in [-0.25, -0.2) is 0 Å². The van der Waals surface area contributed by atoms with Gasteiger partial charge in [-0.1, -0.05) is 0 Å². The van der Waals surface area contributed by atoms with Crippen LogP contribution in [0.5, 0.6) is 0 Å². The second-order valence-electron chi connectivity index (χ2n) is 3.67. The van der Waals surface area contributed by atoms with E-state index in [0.29, 0.717) is 13.1 Å². The van der Waals surface area contributed by atoms with Crippen LogP contribution in [0.15, 0.2) is 0 Å². The predicted molar refractivity (Wildman–Crippen MR) is 53.9 cm³/mol. The normalized spacial score (nSPS) is 28.8. The van der Waals surface area contributed by atoms with E-state index in [1.807, 2.05) is 6.92 Å². The standard InChI is InChI=1S/C9H19N3O2/c1-7-4-12(6-9(13)11-2)5-8(3-10)14-7/h7-8H,3-6,10H2,1-2H3,(H,11,13). The second-order valence-corrected chi connectivity index (χ2v) is 3.67. The van der Waals surface area contributed by atoms with Gasteiger partial charge in [0.15, 0.2) is 0 Å². The van der Waals surface area contributed by atoms with E-state index in [1.54, 1.807) is 7.05 Å². The molecule has 1 aliphatic heterocycles. The van der Waals surface area contributed by atoms with Gasteiger partial charge in [-0.3, -0.25) is 9.69 Å². The Hall–Kier alpha value is -0.650. The quantitative estimate of drug-likeness (QED) is 0.600. The monoisotopic (exact) mass is 201 g/mol. The van der Waals surface area contributed by atoms with Crippen LogP contribution < -0.4 is 11.1 Å². The fourth-order valence-corrected chi connectivity index (χ4v) is 1.68. The summed E-state index contributed by atoms with van der Waals surface area (Å²) in [5.74, 6) is 0.0369. The molecule has 0 aromatic heterocycles. The number of carbonyl (C=O) groups is 1. The summed E-state index contributed by atoms with van der Waals surface area (Å²) in [6, 6.07) is 0. The van der Waals surface area contributed by atoms with Crippen LogP contribution in [-0.2, 0) is 9.53 Å². The zero-order valence-corrected chi connectivity index (χ0v) is 8.82. The molecule has 82 valence electrons. The van der Waals surface area contributed by atoms with Gasteiger partial charge in [-0.15, -0.1) is 0 Å². The Kier molecular flexibility index (Phi) is 4.31. The second kappa shape index (κ2) is 5.29. The lowest BCUT2D eigenvalue weighted by atomic mass is 10.2. The van der Waals surface area contributed by atoms with E-state index in [1.165, 1.54) is 0 Å². The first-order valence-corrected chi connectivity index (χ1v) is 4.94. The highest BCUT2D eigenvalue weighted by atomic mass is 16.5. The van der Waals surface area contributed by atoms with Gasteiger partial charge >= 0.3 is 0 Å². The number of likely N-dealkylation sites (N-methyl/N-ethyl adjacent to an activating group) is 1. The number of carbonyl (C=O) groups excluding carboxylic acids is 1. The molecule has 2 atom stereocenters. The first-order valence-electron chi connectivity index (χ1n) is 4.94. The van der Waals surface area contributed by atoms with Gasteiger partial charge < -0.3 is 15.8 Å². The number of nitrogens with zero attached hydrogens (tertiary/aromatic N) is 1. The Balaban J connectivity index is 2.40. The third kappa shape index (κ3) is 3.25. The summed E-state index contributed by atoms with van der Waals surface area (Å²) in [6.07, 6.45) is 0.213. The zero-order chi connectivity index (χ0) is 10.6. The van der Waals surface area contributed by atoms with Gasteiger partial charge in [0.25, 0.3) is 0 Å². The van der Waals surface area contributed by atoms with E-state index in [2.05, 4.69) is 10.2 Å². The van der Waals surface area contributed by atoms with Crippen molar-refractivity contribution in [3.8, 4) is 0 Å². The molecule has 0 bridgehead atoms. The maximum Gasteiger partial charge on any atom is 0.233 e. The molecule has 0 radical (unpaired) electrons. The summed E-state index contributed by atoms with van der Waals surface area (Å²) in [6.45, 7) is 4.48. The van der Waals surface area contributed by atoms with Crippen LogP contribution in [0.3, 0.4) is 0 Å². The van der Waals surface area contributed by atoms with Crippen LogP contribution in [-0.4, -0.2) is 56.2 Å². The van der Waals surface area contributed by atoms with Crippen LogP contribution in [0.25, 0.3) is 0 Å². The molecule has 1 fully saturated rings. The fourth-order valence-electron chi connectivity index (χ4n) is 1.68. The average molecular weight is 201 g/mol. The Morgan fingerprint density at radius 2 is 2.36 bits per heavy atom. The van der Waals surface area contributed by atoms with Gasteiger partial charge in [-0.2, -0.15) is 0 Å². The lowest BCUT2D eigenvalue weighted by molar-refractivity contribution is -0.125. The third-order valence-electron chi connectivity index (χ3n) is 2.31. The highest BCUT2D eigenvalue weighted by Gasteiger charge is 2.25. The molecule has 0 aromatic carbocycles. The molecule has 2 unspecified atom stereocenters. The van der Waals surface area contributed by atoms with E-state index >= 15 is 0 Å². The van der Waals surface area contributed by atoms with Gasteiger partial charge in [0.1, 0.15) is 0 Å². The van der Waals surface area contributed by atoms with Gasteiger partial charge in [0, 0.05) is 26.7 Å². The summed E-state index contributed by atoms with van der Waals surface area (Å²) in [4.78, 5) is 13.2. The molecule has 1 saturated heterocycles. The summed E-state index contributed by atoms with van der Waals surface area (Å²) in [7, 11) is 1.65. The van der Waals surface area contributed by atoms with Crippen molar-refractivity contribution in [1.82, 2.24) is 10.2 Å². The molecule has 0 aromatic rings. The Morgan fingerprint density at radius 3 is 2.93 bits per heavy atom. The molecule has 1 aliphatic rings. The number of rotatable bonds is 3. The largest absolute Gasteiger partial charge is 0.371 e. The predicted octanol–water partition coefficient (Wildman–Crippen LogP) is -1.22. The van der Waals surface area contributed by atoms with E-state index in [0.717, 1.165) is 13.1 Å². The lowest BCUT2D eigenvalue weighted by Crippen LogP contribution is -2.51. The third-order valence-corrected chi connectivity index (χ3v) is 2.31. The van der Waals surface area contributed by atoms with Crippen LogP contribution in [0.1, 0.15) is 6.92 Å². The van der Waals surface area contributed by atoms with E-state index in [-0.39, 0.29) is 18.1 Å². The van der Waals surface area contributed by atoms with E-state index < -0.39 is 0 Å². The smallest absolute Gasteiger partial charge is 0.233 e. The van der Waals surface area contributed by atoms with Crippen molar-refractivity contribution < 1.29 is 9.53 Å². The Bertz CT molecular complexity index is 198. The van der Waals surface area contributed by atoms with Crippen LogP contribution in [0, 0.1) is 0 Å². The molecule has 0 aliphatic carbocycles. The first-order chi connectivity index (χ1) is 6.65. The number of nitrogens with one attached hydrogen (secondary N) is 1. The van der Waals surface area contributed by atoms with Crippen molar-refractivity contribution in [2.45, 2.75) is 19.1 Å². The maximum atomic E-state index is 11.2. The molecule has 3 N–H and O–H groups in total. The summed E-state index contributed by atoms with van der Waals surface area (Å²) >= 11 is 0. The van der Waals surface area contributed by atoms with E-state index in [4.69, 9.17) is 10.5 Å². The Labute approximate surface area is 84.6 Å². The van der Waals surface area contributed by atoms with Gasteiger partial charge in [0.2, 0.25) is 5.91 Å². The van der Waals surface area contributed by atoms with Crippen molar-refractivity contribution in [3.63, 3.8) is 0 Å². The number of ether oxygens (including phenoxy) is 1. The molecule has 5 nitrogen and oxygen atoms in total. The van der Waals surface area contributed by atoms with Crippen molar-refractivity contribution >= 4 is 5.91 Å². The van der Waals surface area contributed by atoms with Crippen molar-refractivity contribution in [1.29, 1.82) is 0 Å². The van der Waals surface area contributed by atoms with Gasteiger partial charge in [0.05, 0.1) is 18.8 Å². The zero-order valence-electron chi connectivity index (χ0n) is 8.82. The topological polar surface area (TPSA) is 67.6 Å². The van der Waals surface area contributed by atoms with Crippen LogP contribution in [0.2, 0.25) is 0 Å². The molecule has 1 heterocycles. The minimum Gasteiger partial charge on any atom is -0.371 e. The molecular formula is C9H19N3O2. The van der Waals surface area contributed by atoms with Crippen molar-refractivity contribution in [2.75, 3.05) is 33.2 Å². The molecular weight excluding hydrogens is 182 g/mol. The number of morpholine rings is 1. The summed E-state index contributed by atoms with van der Waals surface area (Å²) < 4.78 is 5.58. The first kappa shape index (κ1) is 11.4. The Morgan fingerprint density at radius 1 is 1.64 bits per heavy atom. The number of hydrogen-bond acceptors (Lipinski definition) is 4. The molecule has 1 amide bonds. The highest BCUT2D eigenvalue weighted by molar-refractivity contribution is 5.77. The maximum absolute atomic E-state index is 11.2. The molecule has 0 spiro atoms. The summed E-state index contributed by atoms with van der Waals surface area (Å²) in [5, 5.41) is 2.61. The number of nitrogens with two attached hydrogens (primary N) is 1. The highest BCUT2D eigenvalue weighted by Crippen LogP contribution is 2.09. The SMILES string of the molecule is CNC(=O)CN1CC(C)OC(CN)C1. The minimum absolute atomic E-state index is 0.0369. The molecule has 14 heavy (non-hydrogen) atoms. The van der Waals surface area contributed by atoms with Crippen molar-refractivity contribution in [2.24, 2.45) is 5.73 Å². The van der Waals surface area contributed by atoms with Crippen LogP contribution in [0.4, 0.5) is 0 Å². The van der Waals surface area contributed by atoms with Gasteiger partial charge in [-0.05, 0) is 6.92 Å². The number of amides is 1. The van der Waals surface area contributed by atoms with Crippen molar-refractivity contribution in [3.05, 3.63) is 0 Å².